The van der Waals surface area contributed by atoms with E-state index in [1.807, 2.05) is 20.8 Å². The van der Waals surface area contributed by atoms with Gasteiger partial charge in [0.25, 0.3) is 0 Å². The molecular weight excluding hydrogens is 470 g/mol. The van der Waals surface area contributed by atoms with Gasteiger partial charge in [-0.25, -0.2) is 14.4 Å². The van der Waals surface area contributed by atoms with Gasteiger partial charge in [-0.15, -0.1) is 0 Å². The summed E-state index contributed by atoms with van der Waals surface area (Å²) in [7, 11) is 0. The molecule has 3 unspecified atom stereocenters. The maximum absolute atomic E-state index is 12.5. The van der Waals surface area contributed by atoms with Gasteiger partial charge in [0.15, 0.2) is 18.1 Å². The molecule has 37 heavy (non-hydrogen) atoms. The molecule has 216 valence electrons. The van der Waals surface area contributed by atoms with E-state index in [0.717, 1.165) is 38.5 Å². The van der Waals surface area contributed by atoms with E-state index in [0.29, 0.717) is 25.7 Å². The van der Waals surface area contributed by atoms with E-state index in [2.05, 4.69) is 19.1 Å². The first kappa shape index (κ1) is 35.1. The first-order valence-corrected chi connectivity index (χ1v) is 14.9. The highest BCUT2D eigenvalue weighted by Crippen LogP contribution is 2.34. The Morgan fingerprint density at radius 3 is 1.24 bits per heavy atom. The number of aliphatic carboxylic acids is 3. The SMILES string of the molecule is CCCCCC/C=C/CCCCCCC[N+](C(CCC)C(=O)O)(C(CCC)C(=O)O)C(CCC)C(=O)O. The third-order valence-electron chi connectivity index (χ3n) is 7.59. The number of carboxylic acid groups (broad SMARTS) is 3. The predicted molar refractivity (Wildman–Crippen MR) is 150 cm³/mol. The number of quaternary nitrogens is 1. The highest BCUT2D eigenvalue weighted by Gasteiger charge is 2.56. The van der Waals surface area contributed by atoms with E-state index < -0.39 is 36.0 Å². The average molecular weight is 527 g/mol. The normalized spacial score (nSPS) is 15.8. The number of unbranched alkanes of at least 4 members (excludes halogenated alkanes) is 9. The second-order valence-electron chi connectivity index (χ2n) is 10.5. The van der Waals surface area contributed by atoms with Gasteiger partial charge in [0.05, 0.1) is 6.54 Å². The van der Waals surface area contributed by atoms with Crippen molar-refractivity contribution in [2.75, 3.05) is 6.54 Å². The fourth-order valence-corrected chi connectivity index (χ4v) is 5.75. The first-order valence-electron chi connectivity index (χ1n) is 14.9. The fraction of sp³-hybridized carbons (Fsp3) is 0.833. The molecule has 0 saturated carbocycles. The molecule has 0 aliphatic rings. The third kappa shape index (κ3) is 12.5. The smallest absolute Gasteiger partial charge is 0.362 e. The largest absolute Gasteiger partial charge is 0.477 e. The second kappa shape index (κ2) is 21.1. The number of carboxylic acids is 3. The molecule has 0 amide bonds. The number of hydrogen-bond donors (Lipinski definition) is 3. The molecule has 0 saturated heterocycles. The highest BCUT2D eigenvalue weighted by molar-refractivity contribution is 5.78. The van der Waals surface area contributed by atoms with Crippen molar-refractivity contribution in [3.05, 3.63) is 12.2 Å². The Morgan fingerprint density at radius 2 is 0.892 bits per heavy atom. The Bertz CT molecular complexity index is 603. The third-order valence-corrected chi connectivity index (χ3v) is 7.59. The lowest BCUT2D eigenvalue weighted by Gasteiger charge is -2.50. The van der Waals surface area contributed by atoms with Gasteiger partial charge < -0.3 is 15.3 Å². The number of allylic oxidation sites excluding steroid dienone is 2. The average Bonchev–Trinajstić information content (AvgIpc) is 2.85. The van der Waals surface area contributed by atoms with Crippen LogP contribution in [0.3, 0.4) is 0 Å². The standard InChI is InChI=1S/C30H55NO6/c1-5-9-10-11-12-13-14-15-16-17-18-19-20-24-31(25(21-6-2)28(32)33,26(22-7-3)29(34)35)27(23-8-4)30(36)37/h13-14,25-27H,5-12,15-24H2,1-4H3,(H2-,32,33,34,35,36,37)/p+1/b14-13+. The summed E-state index contributed by atoms with van der Waals surface area (Å²) in [5.41, 5.74) is 0. The molecule has 0 heterocycles. The molecule has 0 aromatic rings. The van der Waals surface area contributed by atoms with E-state index in [-0.39, 0.29) is 30.3 Å². The lowest BCUT2D eigenvalue weighted by Crippen LogP contribution is -2.72. The van der Waals surface area contributed by atoms with Crippen LogP contribution in [0.2, 0.25) is 0 Å². The molecule has 7 heteroatoms. The van der Waals surface area contributed by atoms with Crippen LogP contribution in [-0.2, 0) is 14.4 Å². The van der Waals surface area contributed by atoms with Gasteiger partial charge in [-0.1, -0.05) is 72.0 Å². The van der Waals surface area contributed by atoms with Crippen LogP contribution in [0.5, 0.6) is 0 Å². The van der Waals surface area contributed by atoms with Crippen LogP contribution >= 0.6 is 0 Å². The van der Waals surface area contributed by atoms with E-state index in [9.17, 15) is 29.7 Å². The maximum Gasteiger partial charge on any atom is 0.362 e. The fourth-order valence-electron chi connectivity index (χ4n) is 5.75. The van der Waals surface area contributed by atoms with Crippen molar-refractivity contribution >= 4 is 17.9 Å². The van der Waals surface area contributed by atoms with Crippen molar-refractivity contribution in [1.29, 1.82) is 0 Å². The predicted octanol–water partition coefficient (Wildman–Crippen LogP) is 7.43. The summed E-state index contributed by atoms with van der Waals surface area (Å²) < 4.78 is -0.379. The van der Waals surface area contributed by atoms with Crippen molar-refractivity contribution in [3.8, 4) is 0 Å². The summed E-state index contributed by atoms with van der Waals surface area (Å²) in [4.78, 5) is 37.6. The molecule has 3 atom stereocenters. The molecule has 3 N–H and O–H groups in total. The molecule has 0 fully saturated rings. The Hall–Kier alpha value is -1.89. The molecule has 0 aromatic heterocycles. The Balaban J connectivity index is 5.49. The zero-order valence-corrected chi connectivity index (χ0v) is 24.1. The minimum absolute atomic E-state index is 0.265. The minimum Gasteiger partial charge on any atom is -0.477 e. The highest BCUT2D eigenvalue weighted by atomic mass is 16.4. The lowest BCUT2D eigenvalue weighted by molar-refractivity contribution is -0.973. The van der Waals surface area contributed by atoms with E-state index in [1.54, 1.807) is 0 Å². The lowest BCUT2D eigenvalue weighted by atomic mass is 9.91. The van der Waals surface area contributed by atoms with Gasteiger partial charge in [0.1, 0.15) is 0 Å². The van der Waals surface area contributed by atoms with E-state index in [4.69, 9.17) is 0 Å². The summed E-state index contributed by atoms with van der Waals surface area (Å²) in [6, 6.07) is -3.15. The molecule has 0 radical (unpaired) electrons. The van der Waals surface area contributed by atoms with Crippen molar-refractivity contribution in [2.24, 2.45) is 0 Å². The summed E-state index contributed by atoms with van der Waals surface area (Å²) in [6.45, 7) is 8.10. The summed E-state index contributed by atoms with van der Waals surface area (Å²) in [5, 5.41) is 30.7. The zero-order valence-electron chi connectivity index (χ0n) is 24.1. The van der Waals surface area contributed by atoms with Crippen molar-refractivity contribution in [3.63, 3.8) is 0 Å². The van der Waals surface area contributed by atoms with Gasteiger partial charge in [0, 0.05) is 19.3 Å². The molecule has 0 aliphatic heterocycles. The van der Waals surface area contributed by atoms with Gasteiger partial charge >= 0.3 is 17.9 Å². The molecule has 0 spiro atoms. The van der Waals surface area contributed by atoms with Gasteiger partial charge in [-0.2, -0.15) is 0 Å². The van der Waals surface area contributed by atoms with Gasteiger partial charge in [-0.05, 0) is 57.8 Å². The Labute approximate surface area is 225 Å². The molecule has 0 bridgehead atoms. The van der Waals surface area contributed by atoms with Gasteiger partial charge in [0.2, 0.25) is 0 Å². The van der Waals surface area contributed by atoms with Crippen molar-refractivity contribution < 1.29 is 34.2 Å². The number of rotatable bonds is 25. The van der Waals surface area contributed by atoms with Crippen molar-refractivity contribution in [1.82, 2.24) is 0 Å². The van der Waals surface area contributed by atoms with Crippen LogP contribution in [0.25, 0.3) is 0 Å². The molecule has 7 nitrogen and oxygen atoms in total. The number of carbonyl (C=O) groups is 3. The summed E-state index contributed by atoms with van der Waals surface area (Å²) >= 11 is 0. The number of nitrogens with zero attached hydrogens (tertiary/aromatic N) is 1. The molecule has 0 aromatic carbocycles. The zero-order chi connectivity index (χ0) is 28.1. The first-order chi connectivity index (χ1) is 17.7. The van der Waals surface area contributed by atoms with Crippen LogP contribution in [0, 0.1) is 0 Å². The minimum atomic E-state index is -1.09. The number of hydrogen-bond acceptors (Lipinski definition) is 3. The Morgan fingerprint density at radius 1 is 0.541 bits per heavy atom. The summed E-state index contributed by atoms with van der Waals surface area (Å²) in [5.74, 6) is -3.27. The Kier molecular flexibility index (Phi) is 20.0. The monoisotopic (exact) mass is 526 g/mol. The van der Waals surface area contributed by atoms with Crippen LogP contribution < -0.4 is 0 Å². The van der Waals surface area contributed by atoms with E-state index in [1.165, 1.54) is 25.7 Å². The van der Waals surface area contributed by atoms with Crippen molar-refractivity contribution in [2.45, 2.75) is 155 Å². The quantitative estimate of drug-likeness (QED) is 0.0648. The van der Waals surface area contributed by atoms with Crippen LogP contribution in [0.1, 0.15) is 137 Å². The summed E-state index contributed by atoms with van der Waals surface area (Å²) in [6.07, 6.45) is 18.9. The van der Waals surface area contributed by atoms with Gasteiger partial charge in [-0.3, -0.25) is 4.48 Å². The topological polar surface area (TPSA) is 112 Å². The van der Waals surface area contributed by atoms with Crippen LogP contribution in [0.15, 0.2) is 12.2 Å². The van der Waals surface area contributed by atoms with E-state index >= 15 is 0 Å². The molecule has 0 rings (SSSR count). The van der Waals surface area contributed by atoms with Crippen LogP contribution in [0.4, 0.5) is 0 Å². The maximum atomic E-state index is 12.5. The molecule has 0 aliphatic carbocycles. The molecular formula is C30H56NO6+. The second-order valence-corrected chi connectivity index (χ2v) is 10.5. The van der Waals surface area contributed by atoms with Crippen LogP contribution in [-0.4, -0.2) is 62.4 Å².